The molecule has 1 aromatic heterocycles. The highest BCUT2D eigenvalue weighted by Gasteiger charge is 2.03. The lowest BCUT2D eigenvalue weighted by Gasteiger charge is -1.88. The van der Waals surface area contributed by atoms with Gasteiger partial charge in [-0.3, -0.25) is 0 Å². The number of hydrogen-bond acceptors (Lipinski definition) is 5. The molecule has 0 saturated carbocycles. The Morgan fingerprint density at radius 2 is 2.45 bits per heavy atom. The van der Waals surface area contributed by atoms with Crippen LogP contribution in [-0.2, 0) is 11.3 Å². The van der Waals surface area contributed by atoms with E-state index in [1.165, 1.54) is 11.8 Å². The molecule has 1 heterocycles. The SMILES string of the molecule is COCc1nnc(SCI)o1. The Balaban J connectivity index is 2.51. The van der Waals surface area contributed by atoms with Gasteiger partial charge in [0.25, 0.3) is 5.22 Å². The molecular weight excluding hydrogens is 279 g/mol. The first-order valence-electron chi connectivity index (χ1n) is 2.87. The van der Waals surface area contributed by atoms with Crippen molar-refractivity contribution in [2.24, 2.45) is 0 Å². The maximum absolute atomic E-state index is 5.18. The van der Waals surface area contributed by atoms with Crippen molar-refractivity contribution in [3.63, 3.8) is 0 Å². The number of rotatable bonds is 4. The molecule has 0 N–H and O–H groups in total. The van der Waals surface area contributed by atoms with Gasteiger partial charge in [-0.1, -0.05) is 34.4 Å². The fourth-order valence-electron chi connectivity index (χ4n) is 0.525. The quantitative estimate of drug-likeness (QED) is 0.479. The lowest BCUT2D eigenvalue weighted by Crippen LogP contribution is -1.85. The zero-order chi connectivity index (χ0) is 8.10. The van der Waals surface area contributed by atoms with Crippen molar-refractivity contribution in [3.8, 4) is 0 Å². The summed E-state index contributed by atoms with van der Waals surface area (Å²) in [5, 5.41) is 8.15. The molecule has 1 aromatic rings. The van der Waals surface area contributed by atoms with E-state index in [9.17, 15) is 0 Å². The summed E-state index contributed by atoms with van der Waals surface area (Å²) in [6.45, 7) is 0.384. The number of halogens is 1. The van der Waals surface area contributed by atoms with Gasteiger partial charge in [-0.15, -0.1) is 10.2 Å². The number of alkyl halides is 1. The van der Waals surface area contributed by atoms with E-state index in [1.54, 1.807) is 7.11 Å². The van der Waals surface area contributed by atoms with Crippen LogP contribution in [0.25, 0.3) is 0 Å². The molecule has 62 valence electrons. The molecule has 6 heteroatoms. The molecule has 0 spiro atoms. The van der Waals surface area contributed by atoms with Crippen molar-refractivity contribution in [2.45, 2.75) is 11.8 Å². The van der Waals surface area contributed by atoms with E-state index in [1.807, 2.05) is 0 Å². The smallest absolute Gasteiger partial charge is 0.277 e. The summed E-state index contributed by atoms with van der Waals surface area (Å²) in [4.78, 5) is 0. The van der Waals surface area contributed by atoms with Crippen LogP contribution < -0.4 is 0 Å². The molecule has 0 amide bonds. The maximum atomic E-state index is 5.18. The summed E-state index contributed by atoms with van der Waals surface area (Å²) >= 11 is 3.74. The fraction of sp³-hybridized carbons (Fsp3) is 0.600. The minimum absolute atomic E-state index is 0.384. The lowest BCUT2D eigenvalue weighted by molar-refractivity contribution is 0.155. The summed E-state index contributed by atoms with van der Waals surface area (Å²) in [7, 11) is 1.59. The van der Waals surface area contributed by atoms with Crippen LogP contribution in [0.15, 0.2) is 9.64 Å². The monoisotopic (exact) mass is 286 g/mol. The Morgan fingerprint density at radius 3 is 3.09 bits per heavy atom. The zero-order valence-corrected chi connectivity index (χ0v) is 8.89. The summed E-state index contributed by atoms with van der Waals surface area (Å²) in [6.07, 6.45) is 0. The molecule has 0 atom stereocenters. The Labute approximate surface area is 82.2 Å². The van der Waals surface area contributed by atoms with Crippen molar-refractivity contribution in [1.29, 1.82) is 0 Å². The minimum Gasteiger partial charge on any atom is -0.413 e. The average Bonchev–Trinajstić information content (AvgIpc) is 2.38. The number of ether oxygens (including phenoxy) is 1. The maximum Gasteiger partial charge on any atom is 0.277 e. The first-order chi connectivity index (χ1) is 5.36. The Kier molecular flexibility index (Phi) is 4.16. The third kappa shape index (κ3) is 2.96. The van der Waals surface area contributed by atoms with E-state index in [0.717, 1.165) is 3.76 Å². The van der Waals surface area contributed by atoms with Gasteiger partial charge in [0.05, 0.1) is 3.76 Å². The molecule has 0 unspecified atom stereocenters. The van der Waals surface area contributed by atoms with Crippen molar-refractivity contribution in [1.82, 2.24) is 10.2 Å². The summed E-state index contributed by atoms with van der Waals surface area (Å²) in [5.41, 5.74) is 0. The van der Waals surface area contributed by atoms with Crippen LogP contribution >= 0.6 is 34.4 Å². The highest BCUT2D eigenvalue weighted by molar-refractivity contribution is 14.1. The van der Waals surface area contributed by atoms with Crippen LogP contribution in [0.1, 0.15) is 5.89 Å². The molecule has 0 saturated heterocycles. The summed E-state index contributed by atoms with van der Waals surface area (Å²) in [6, 6.07) is 0. The van der Waals surface area contributed by atoms with Gasteiger partial charge in [0, 0.05) is 7.11 Å². The molecule has 0 aliphatic rings. The second-order valence-electron chi connectivity index (χ2n) is 1.65. The highest BCUT2D eigenvalue weighted by Crippen LogP contribution is 2.17. The molecule has 0 bridgehead atoms. The van der Waals surface area contributed by atoms with Crippen LogP contribution in [0.4, 0.5) is 0 Å². The molecule has 11 heavy (non-hydrogen) atoms. The van der Waals surface area contributed by atoms with Crippen LogP contribution in [0.3, 0.4) is 0 Å². The zero-order valence-electron chi connectivity index (χ0n) is 5.91. The molecule has 0 aliphatic carbocycles. The van der Waals surface area contributed by atoms with Crippen LogP contribution in [0, 0.1) is 0 Å². The topological polar surface area (TPSA) is 48.2 Å². The number of methoxy groups -OCH3 is 1. The summed E-state index contributed by atoms with van der Waals surface area (Å²) < 4.78 is 10.9. The van der Waals surface area contributed by atoms with Gasteiger partial charge in [-0.25, -0.2) is 0 Å². The highest BCUT2D eigenvalue weighted by atomic mass is 127. The Morgan fingerprint density at radius 1 is 1.64 bits per heavy atom. The fourth-order valence-corrected chi connectivity index (χ4v) is 1.67. The first-order valence-corrected chi connectivity index (χ1v) is 5.38. The van der Waals surface area contributed by atoms with E-state index in [2.05, 4.69) is 32.8 Å². The van der Waals surface area contributed by atoms with Crippen LogP contribution in [-0.4, -0.2) is 21.1 Å². The van der Waals surface area contributed by atoms with Gasteiger partial charge in [-0.2, -0.15) is 0 Å². The van der Waals surface area contributed by atoms with Crippen LogP contribution in [0.2, 0.25) is 0 Å². The minimum atomic E-state index is 0.384. The third-order valence-corrected chi connectivity index (χ3v) is 2.35. The normalized spacial score (nSPS) is 10.4. The van der Waals surface area contributed by atoms with E-state index in [-0.39, 0.29) is 0 Å². The van der Waals surface area contributed by atoms with Gasteiger partial charge >= 0.3 is 0 Å². The van der Waals surface area contributed by atoms with Gasteiger partial charge in [0.1, 0.15) is 6.61 Å². The molecule has 0 fully saturated rings. The number of aromatic nitrogens is 2. The number of hydrogen-bond donors (Lipinski definition) is 0. The van der Waals surface area contributed by atoms with Gasteiger partial charge in [0.2, 0.25) is 5.89 Å². The van der Waals surface area contributed by atoms with Gasteiger partial charge in [0.15, 0.2) is 0 Å². The number of thioether (sulfide) groups is 1. The standard InChI is InChI=1S/C5H7IN2O2S/c1-9-2-4-7-8-5(10-4)11-3-6/h2-3H2,1H3. The average molecular weight is 286 g/mol. The molecule has 1 rings (SSSR count). The number of nitrogens with zero attached hydrogens (tertiary/aromatic N) is 2. The Hall–Kier alpha value is 0.180. The second-order valence-corrected chi connectivity index (χ2v) is 4.37. The van der Waals surface area contributed by atoms with Crippen molar-refractivity contribution in [3.05, 3.63) is 5.89 Å². The molecule has 0 aliphatic heterocycles. The van der Waals surface area contributed by atoms with E-state index in [4.69, 9.17) is 9.15 Å². The van der Waals surface area contributed by atoms with Gasteiger partial charge < -0.3 is 9.15 Å². The van der Waals surface area contributed by atoms with Crippen molar-refractivity contribution in [2.75, 3.05) is 10.9 Å². The Bertz CT molecular complexity index is 198. The third-order valence-electron chi connectivity index (χ3n) is 0.894. The molecule has 0 radical (unpaired) electrons. The van der Waals surface area contributed by atoms with Crippen molar-refractivity contribution < 1.29 is 9.15 Å². The second kappa shape index (κ2) is 4.94. The van der Waals surface area contributed by atoms with Crippen LogP contribution in [0.5, 0.6) is 0 Å². The largest absolute Gasteiger partial charge is 0.413 e. The van der Waals surface area contributed by atoms with E-state index >= 15 is 0 Å². The molecule has 0 aromatic carbocycles. The van der Waals surface area contributed by atoms with Crippen molar-refractivity contribution >= 4 is 34.4 Å². The molecule has 4 nitrogen and oxygen atoms in total. The predicted octanol–water partition coefficient (Wildman–Crippen LogP) is 1.70. The van der Waals surface area contributed by atoms with Gasteiger partial charge in [-0.05, 0) is 0 Å². The lowest BCUT2D eigenvalue weighted by atomic mass is 10.7. The predicted molar refractivity (Wildman–Crippen MR) is 49.8 cm³/mol. The van der Waals surface area contributed by atoms with E-state index < -0.39 is 0 Å². The first kappa shape index (κ1) is 9.27. The van der Waals surface area contributed by atoms with E-state index in [0.29, 0.717) is 17.7 Å². The summed E-state index contributed by atoms with van der Waals surface area (Å²) in [5.74, 6) is 0.528. The molecular formula is C5H7IN2O2S.